The summed E-state index contributed by atoms with van der Waals surface area (Å²) in [6.07, 6.45) is 0.128. The third-order valence-electron chi connectivity index (χ3n) is 4.55. The summed E-state index contributed by atoms with van der Waals surface area (Å²) < 4.78 is 4.96. The molecule has 2 rings (SSSR count). The Hall–Kier alpha value is -2.41. The fraction of sp³-hybridized carbons (Fsp3) is 0.550. The third-order valence-corrected chi connectivity index (χ3v) is 4.55. The molecule has 1 aliphatic heterocycles. The zero-order chi connectivity index (χ0) is 20.2. The van der Waals surface area contributed by atoms with E-state index in [-0.39, 0.29) is 17.7 Å². The highest BCUT2D eigenvalue weighted by atomic mass is 16.5. The van der Waals surface area contributed by atoms with Gasteiger partial charge in [0.15, 0.2) is 0 Å². The van der Waals surface area contributed by atoms with Gasteiger partial charge in [-0.2, -0.15) is 0 Å². The van der Waals surface area contributed by atoms with E-state index in [0.29, 0.717) is 12.8 Å². The molecule has 0 bridgehead atoms. The molecule has 7 nitrogen and oxygen atoms in total. The van der Waals surface area contributed by atoms with Crippen LogP contribution in [0.1, 0.15) is 39.2 Å². The number of nitrogens with one attached hydrogen (secondary N) is 1. The third kappa shape index (κ3) is 5.53. The molecule has 2 N–H and O–H groups in total. The maximum atomic E-state index is 13.0. The number of ether oxygens (including phenoxy) is 1. The zero-order valence-electron chi connectivity index (χ0n) is 16.3. The highest BCUT2D eigenvalue weighted by Crippen LogP contribution is 2.29. The molecule has 0 unspecified atom stereocenters. The molecule has 0 saturated carbocycles. The molecule has 1 saturated heterocycles. The average molecular weight is 376 g/mol. The van der Waals surface area contributed by atoms with Gasteiger partial charge in [-0.15, -0.1) is 0 Å². The molecule has 7 heteroatoms. The first-order valence-electron chi connectivity index (χ1n) is 9.04. The first kappa shape index (κ1) is 20.9. The summed E-state index contributed by atoms with van der Waals surface area (Å²) in [6, 6.07) is 7.72. The molecular formula is C20H28N2O5. The second-order valence-electron chi connectivity index (χ2n) is 8.07. The number of rotatable bonds is 7. The van der Waals surface area contributed by atoms with Crippen molar-refractivity contribution in [2.75, 3.05) is 7.11 Å². The second-order valence-corrected chi connectivity index (χ2v) is 8.07. The summed E-state index contributed by atoms with van der Waals surface area (Å²) in [7, 11) is 1.29. The van der Waals surface area contributed by atoms with Crippen LogP contribution in [0.3, 0.4) is 0 Å². The van der Waals surface area contributed by atoms with Gasteiger partial charge in [0.1, 0.15) is 6.04 Å². The van der Waals surface area contributed by atoms with Gasteiger partial charge in [-0.05, 0) is 17.4 Å². The van der Waals surface area contributed by atoms with Crippen LogP contribution >= 0.6 is 0 Å². The predicted octanol–water partition coefficient (Wildman–Crippen LogP) is 1.81. The highest BCUT2D eigenvalue weighted by molar-refractivity contribution is 5.92. The highest BCUT2D eigenvalue weighted by Gasteiger charge is 2.46. The van der Waals surface area contributed by atoms with Gasteiger partial charge >= 0.3 is 11.9 Å². The van der Waals surface area contributed by atoms with Crippen molar-refractivity contribution < 1.29 is 24.2 Å². The van der Waals surface area contributed by atoms with Gasteiger partial charge in [0.2, 0.25) is 5.91 Å². The lowest BCUT2D eigenvalue weighted by Gasteiger charge is -2.34. The van der Waals surface area contributed by atoms with Crippen molar-refractivity contribution in [1.82, 2.24) is 10.2 Å². The molecule has 0 spiro atoms. The molecular weight excluding hydrogens is 348 g/mol. The maximum absolute atomic E-state index is 13.0. The van der Waals surface area contributed by atoms with Gasteiger partial charge in [-0.3, -0.25) is 14.9 Å². The van der Waals surface area contributed by atoms with Crippen LogP contribution in [-0.2, 0) is 25.5 Å². The Kier molecular flexibility index (Phi) is 6.59. The summed E-state index contributed by atoms with van der Waals surface area (Å²) in [6.45, 7) is 6.10. The van der Waals surface area contributed by atoms with E-state index in [1.54, 1.807) is 0 Å². The van der Waals surface area contributed by atoms with E-state index in [4.69, 9.17) is 9.84 Å². The van der Waals surface area contributed by atoms with Gasteiger partial charge in [0.25, 0.3) is 0 Å². The number of hydrogen-bond donors (Lipinski definition) is 2. The number of methoxy groups -OCH3 is 1. The van der Waals surface area contributed by atoms with E-state index < -0.39 is 30.2 Å². The van der Waals surface area contributed by atoms with E-state index in [0.717, 1.165) is 5.56 Å². The summed E-state index contributed by atoms with van der Waals surface area (Å²) in [5.41, 5.74) is 0.777. The summed E-state index contributed by atoms with van der Waals surface area (Å²) in [4.78, 5) is 38.1. The van der Waals surface area contributed by atoms with Crippen molar-refractivity contribution in [3.05, 3.63) is 35.9 Å². The van der Waals surface area contributed by atoms with Crippen molar-refractivity contribution in [2.45, 2.75) is 58.3 Å². The minimum Gasteiger partial charge on any atom is -0.481 e. The number of carboxylic acids is 1. The monoisotopic (exact) mass is 376 g/mol. The molecule has 3 atom stereocenters. The Balaban J connectivity index is 2.36. The number of carbonyl (C=O) groups is 3. The van der Waals surface area contributed by atoms with Crippen molar-refractivity contribution in [1.29, 1.82) is 0 Å². The lowest BCUT2D eigenvalue weighted by Crippen LogP contribution is -2.51. The summed E-state index contributed by atoms with van der Waals surface area (Å²) in [5, 5.41) is 12.2. The van der Waals surface area contributed by atoms with E-state index in [2.05, 4.69) is 5.32 Å². The van der Waals surface area contributed by atoms with E-state index in [1.165, 1.54) is 12.0 Å². The number of hydrogen-bond acceptors (Lipinski definition) is 5. The van der Waals surface area contributed by atoms with Crippen LogP contribution in [0.25, 0.3) is 0 Å². The Morgan fingerprint density at radius 1 is 1.26 bits per heavy atom. The number of benzene rings is 1. The predicted molar refractivity (Wildman–Crippen MR) is 99.8 cm³/mol. The molecule has 1 heterocycles. The number of amides is 1. The summed E-state index contributed by atoms with van der Waals surface area (Å²) >= 11 is 0. The van der Waals surface area contributed by atoms with Crippen molar-refractivity contribution in [2.24, 2.45) is 5.41 Å². The minimum atomic E-state index is -1.06. The van der Waals surface area contributed by atoms with Crippen molar-refractivity contribution in [3.8, 4) is 0 Å². The first-order chi connectivity index (χ1) is 12.6. The van der Waals surface area contributed by atoms with E-state index in [1.807, 2.05) is 51.1 Å². The quantitative estimate of drug-likeness (QED) is 0.705. The Bertz CT molecular complexity index is 683. The smallest absolute Gasteiger partial charge is 0.328 e. The standard InChI is InChI=1S/C20H28N2O5/c1-20(2,3)12-16-21-14(11-17(23)24)18(25)22(16)15(19(26)27-4)10-13-8-6-5-7-9-13/h5-9,14-16,21H,10-12H2,1-4H3,(H,23,24)/t14-,15-,16-/m0/s1. The van der Waals surface area contributed by atoms with Crippen LogP contribution in [0, 0.1) is 5.41 Å². The van der Waals surface area contributed by atoms with Crippen molar-refractivity contribution in [3.63, 3.8) is 0 Å². The van der Waals surface area contributed by atoms with Crippen LogP contribution in [0.5, 0.6) is 0 Å². The van der Waals surface area contributed by atoms with Gasteiger partial charge in [0.05, 0.1) is 25.7 Å². The van der Waals surface area contributed by atoms with E-state index >= 15 is 0 Å². The number of nitrogens with zero attached hydrogens (tertiary/aromatic N) is 1. The van der Waals surface area contributed by atoms with Crippen LogP contribution < -0.4 is 5.32 Å². The average Bonchev–Trinajstić information content (AvgIpc) is 2.86. The number of carbonyl (C=O) groups excluding carboxylic acids is 2. The second kappa shape index (κ2) is 8.52. The number of esters is 1. The fourth-order valence-corrected chi connectivity index (χ4v) is 3.41. The molecule has 0 aliphatic carbocycles. The molecule has 1 aliphatic rings. The van der Waals surface area contributed by atoms with Gasteiger partial charge in [0, 0.05) is 6.42 Å². The maximum Gasteiger partial charge on any atom is 0.328 e. The molecule has 1 fully saturated rings. The number of carboxylic acid groups (broad SMARTS) is 1. The van der Waals surface area contributed by atoms with Crippen LogP contribution in [0.2, 0.25) is 0 Å². The Morgan fingerprint density at radius 3 is 2.41 bits per heavy atom. The number of aliphatic carboxylic acids is 1. The molecule has 0 radical (unpaired) electrons. The molecule has 0 aromatic heterocycles. The molecule has 1 amide bonds. The van der Waals surface area contributed by atoms with Crippen LogP contribution in [-0.4, -0.2) is 53.2 Å². The SMILES string of the molecule is COC(=O)[C@H](Cc1ccccc1)N1C(=O)[C@H](CC(=O)O)N[C@@H]1CC(C)(C)C. The van der Waals surface area contributed by atoms with Gasteiger partial charge in [-0.1, -0.05) is 51.1 Å². The molecule has 1 aromatic carbocycles. The molecule has 148 valence electrons. The lowest BCUT2D eigenvalue weighted by atomic mass is 9.90. The van der Waals surface area contributed by atoms with E-state index in [9.17, 15) is 14.4 Å². The summed E-state index contributed by atoms with van der Waals surface area (Å²) in [5.74, 6) is -1.95. The normalized spacial score (nSPS) is 21.2. The lowest BCUT2D eigenvalue weighted by molar-refractivity contribution is -0.153. The zero-order valence-corrected chi connectivity index (χ0v) is 16.3. The first-order valence-corrected chi connectivity index (χ1v) is 9.04. The van der Waals surface area contributed by atoms with Crippen molar-refractivity contribution >= 4 is 17.8 Å². The largest absolute Gasteiger partial charge is 0.481 e. The minimum absolute atomic E-state index is 0.123. The van der Waals surface area contributed by atoms with Gasteiger partial charge < -0.3 is 14.7 Å². The van der Waals surface area contributed by atoms with Gasteiger partial charge in [-0.25, -0.2) is 4.79 Å². The molecule has 1 aromatic rings. The van der Waals surface area contributed by atoms with Crippen LogP contribution in [0.4, 0.5) is 0 Å². The Morgan fingerprint density at radius 2 is 1.89 bits per heavy atom. The Labute approximate surface area is 159 Å². The van der Waals surface area contributed by atoms with Crippen LogP contribution in [0.15, 0.2) is 30.3 Å². The fourth-order valence-electron chi connectivity index (χ4n) is 3.41. The topological polar surface area (TPSA) is 95.9 Å². The molecule has 27 heavy (non-hydrogen) atoms.